The lowest BCUT2D eigenvalue weighted by Gasteiger charge is -2.28. The Kier molecular flexibility index (Phi) is 7.42. The maximum absolute atomic E-state index is 12.9. The second kappa shape index (κ2) is 9.69. The lowest BCUT2D eigenvalue weighted by atomic mass is 9.93. The first-order chi connectivity index (χ1) is 14.6. The molecule has 0 atom stereocenters. The van der Waals surface area contributed by atoms with Gasteiger partial charge in [-0.1, -0.05) is 41.4 Å². The third-order valence-corrected chi connectivity index (χ3v) is 7.67. The van der Waals surface area contributed by atoms with Crippen LogP contribution in [0.15, 0.2) is 45.7 Å². The molecule has 1 fully saturated rings. The van der Waals surface area contributed by atoms with Gasteiger partial charge < -0.3 is 10.2 Å². The number of piperidine rings is 1. The van der Waals surface area contributed by atoms with E-state index >= 15 is 0 Å². The highest BCUT2D eigenvalue weighted by atomic mass is 35.5. The molecular formula is C22H25Cl2N3O3S. The molecule has 1 N–H and O–H groups in total. The van der Waals surface area contributed by atoms with Crippen LogP contribution in [0, 0.1) is 12.8 Å². The van der Waals surface area contributed by atoms with E-state index < -0.39 is 10.0 Å². The van der Waals surface area contributed by atoms with Crippen LogP contribution in [0.3, 0.4) is 0 Å². The number of rotatable bonds is 5. The van der Waals surface area contributed by atoms with Crippen molar-refractivity contribution in [3.05, 3.63) is 57.6 Å². The number of likely N-dealkylation sites (tertiary alicyclic amines) is 1. The van der Waals surface area contributed by atoms with Crippen LogP contribution >= 0.6 is 23.2 Å². The quantitative estimate of drug-likeness (QED) is 0.606. The molecule has 0 saturated carbocycles. The van der Waals surface area contributed by atoms with Crippen molar-refractivity contribution in [2.45, 2.75) is 31.6 Å². The van der Waals surface area contributed by atoms with Gasteiger partial charge in [-0.05, 0) is 70.6 Å². The Balaban J connectivity index is 1.84. The van der Waals surface area contributed by atoms with Crippen molar-refractivity contribution in [2.24, 2.45) is 10.3 Å². The van der Waals surface area contributed by atoms with Crippen molar-refractivity contribution in [2.75, 3.05) is 25.5 Å². The second-order valence-electron chi connectivity index (χ2n) is 7.82. The summed E-state index contributed by atoms with van der Waals surface area (Å²) in [5.41, 5.74) is 2.09. The summed E-state index contributed by atoms with van der Waals surface area (Å²) < 4.78 is 29.8. The molecule has 2 aromatic carbocycles. The number of hydrogen-bond donors (Lipinski definition) is 1. The van der Waals surface area contributed by atoms with Gasteiger partial charge in [-0.2, -0.15) is 12.8 Å². The maximum Gasteiger partial charge on any atom is 0.283 e. The Morgan fingerprint density at radius 3 is 2.42 bits per heavy atom. The number of hydrogen-bond acceptors (Lipinski definition) is 4. The molecule has 0 aromatic heterocycles. The molecule has 0 unspecified atom stereocenters. The maximum atomic E-state index is 12.9. The third-order valence-electron chi connectivity index (χ3n) is 5.51. The fraction of sp³-hybridized carbons (Fsp3) is 0.364. The average Bonchev–Trinajstić information content (AvgIpc) is 2.70. The van der Waals surface area contributed by atoms with Crippen LogP contribution in [0.25, 0.3) is 0 Å². The smallest absolute Gasteiger partial charge is 0.283 e. The molecule has 6 nitrogen and oxygen atoms in total. The summed E-state index contributed by atoms with van der Waals surface area (Å²) in [6.45, 7) is 5.36. The Labute approximate surface area is 193 Å². The molecule has 0 spiro atoms. The zero-order chi connectivity index (χ0) is 22.8. The molecule has 1 aliphatic rings. The topological polar surface area (TPSA) is 78.8 Å². The van der Waals surface area contributed by atoms with Crippen LogP contribution in [0.1, 0.15) is 35.7 Å². The number of sulfonamides is 1. The van der Waals surface area contributed by atoms with Crippen molar-refractivity contribution >= 4 is 50.5 Å². The molecule has 1 heterocycles. The molecule has 1 saturated heterocycles. The number of benzene rings is 2. The minimum Gasteiger partial charge on any atom is -0.321 e. The molecule has 3 rings (SSSR count). The van der Waals surface area contributed by atoms with Gasteiger partial charge in [-0.25, -0.2) is 0 Å². The van der Waals surface area contributed by atoms with E-state index in [-0.39, 0.29) is 32.5 Å². The summed E-state index contributed by atoms with van der Waals surface area (Å²) in [7, 11) is -1.99. The van der Waals surface area contributed by atoms with Crippen molar-refractivity contribution in [3.63, 3.8) is 0 Å². The number of nitrogens with one attached hydrogen (secondary N) is 1. The van der Waals surface area contributed by atoms with Crippen LogP contribution in [0.4, 0.5) is 5.69 Å². The van der Waals surface area contributed by atoms with Gasteiger partial charge in [0.15, 0.2) is 0 Å². The summed E-state index contributed by atoms with van der Waals surface area (Å²) in [5.74, 6) is -0.240. The van der Waals surface area contributed by atoms with E-state index in [4.69, 9.17) is 23.2 Å². The van der Waals surface area contributed by atoms with Gasteiger partial charge in [-0.3, -0.25) is 4.79 Å². The first-order valence-corrected chi connectivity index (χ1v) is 12.1. The van der Waals surface area contributed by atoms with Crippen LogP contribution in [-0.4, -0.2) is 45.1 Å². The van der Waals surface area contributed by atoms with E-state index in [0.717, 1.165) is 31.5 Å². The molecule has 1 aliphatic heterocycles. The van der Waals surface area contributed by atoms with Crippen LogP contribution in [0.2, 0.25) is 10.0 Å². The zero-order valence-electron chi connectivity index (χ0n) is 17.7. The van der Waals surface area contributed by atoms with Gasteiger partial charge in [0, 0.05) is 17.2 Å². The van der Waals surface area contributed by atoms with Gasteiger partial charge in [0.2, 0.25) is 0 Å². The van der Waals surface area contributed by atoms with Crippen molar-refractivity contribution in [1.29, 1.82) is 0 Å². The molecule has 31 heavy (non-hydrogen) atoms. The highest BCUT2D eigenvalue weighted by Gasteiger charge is 2.24. The SMILES string of the molecule is C/C(=N/S(=O)(=O)c1cc(Cl)c(NC(=O)c2ccccc2C)cc1Cl)C1CCN(C)CC1. The van der Waals surface area contributed by atoms with Gasteiger partial charge in [-0.15, -0.1) is 0 Å². The highest BCUT2D eigenvalue weighted by Crippen LogP contribution is 2.34. The first kappa shape index (κ1) is 23.7. The summed E-state index contributed by atoms with van der Waals surface area (Å²) in [5, 5.41) is 2.71. The Bertz CT molecular complexity index is 1120. The highest BCUT2D eigenvalue weighted by molar-refractivity contribution is 7.90. The normalized spacial score (nSPS) is 16.4. The Morgan fingerprint density at radius 2 is 1.77 bits per heavy atom. The van der Waals surface area contributed by atoms with Crippen LogP contribution in [0.5, 0.6) is 0 Å². The van der Waals surface area contributed by atoms with E-state index in [9.17, 15) is 13.2 Å². The zero-order valence-corrected chi connectivity index (χ0v) is 20.0. The number of carbonyl (C=O) groups is 1. The lowest BCUT2D eigenvalue weighted by molar-refractivity contribution is 0.102. The molecule has 166 valence electrons. The summed E-state index contributed by atoms with van der Waals surface area (Å²) in [6.07, 6.45) is 1.72. The summed E-state index contributed by atoms with van der Waals surface area (Å²) in [4.78, 5) is 14.6. The molecule has 0 bridgehead atoms. The summed E-state index contributed by atoms with van der Waals surface area (Å²) >= 11 is 12.6. The fourth-order valence-electron chi connectivity index (χ4n) is 3.58. The second-order valence-corrected chi connectivity index (χ2v) is 10.2. The standard InChI is InChI=1S/C22H25Cl2N3O3S/c1-14-6-4-5-7-17(14)22(28)25-20-12-19(24)21(13-18(20)23)31(29,30)26-15(2)16-8-10-27(3)11-9-16/h4-7,12-13,16H,8-11H2,1-3H3,(H,25,28)/b26-15-. The third kappa shape index (κ3) is 5.66. The minimum absolute atomic E-state index is 0.0515. The van der Waals surface area contributed by atoms with Crippen molar-refractivity contribution in [1.82, 2.24) is 4.90 Å². The largest absolute Gasteiger partial charge is 0.321 e. The predicted molar refractivity (Wildman–Crippen MR) is 126 cm³/mol. The Morgan fingerprint density at radius 1 is 1.13 bits per heavy atom. The van der Waals surface area contributed by atoms with E-state index in [1.807, 2.05) is 26.1 Å². The number of halogens is 2. The van der Waals surface area contributed by atoms with E-state index in [2.05, 4.69) is 14.6 Å². The van der Waals surface area contributed by atoms with Crippen molar-refractivity contribution < 1.29 is 13.2 Å². The molecular weight excluding hydrogens is 457 g/mol. The fourth-order valence-corrected chi connectivity index (χ4v) is 5.51. The van der Waals surface area contributed by atoms with Crippen molar-refractivity contribution in [3.8, 4) is 0 Å². The van der Waals surface area contributed by atoms with Gasteiger partial charge in [0.1, 0.15) is 4.90 Å². The number of carbonyl (C=O) groups excluding carboxylic acids is 1. The number of aryl methyl sites for hydroxylation is 1. The van der Waals surface area contributed by atoms with Gasteiger partial charge >= 0.3 is 0 Å². The van der Waals surface area contributed by atoms with Crippen LogP contribution < -0.4 is 5.32 Å². The molecule has 0 radical (unpaired) electrons. The Hall–Kier alpha value is -1.93. The number of anilines is 1. The van der Waals surface area contributed by atoms with E-state index in [1.54, 1.807) is 19.1 Å². The predicted octanol–water partition coefficient (Wildman–Crippen LogP) is 5.05. The monoisotopic (exact) mass is 481 g/mol. The number of amides is 1. The van der Waals surface area contributed by atoms with Gasteiger partial charge in [0.25, 0.3) is 15.9 Å². The summed E-state index contributed by atoms with van der Waals surface area (Å²) in [6, 6.07) is 9.69. The average molecular weight is 482 g/mol. The molecule has 1 amide bonds. The number of nitrogens with zero attached hydrogens (tertiary/aromatic N) is 2. The van der Waals surface area contributed by atoms with Gasteiger partial charge in [0.05, 0.1) is 15.7 Å². The molecule has 2 aromatic rings. The molecule has 0 aliphatic carbocycles. The van der Waals surface area contributed by atoms with E-state index in [0.29, 0.717) is 11.3 Å². The minimum atomic E-state index is -4.03. The lowest BCUT2D eigenvalue weighted by Crippen LogP contribution is -2.33. The van der Waals surface area contributed by atoms with Crippen LogP contribution in [-0.2, 0) is 10.0 Å². The molecule has 9 heteroatoms. The van der Waals surface area contributed by atoms with E-state index in [1.165, 1.54) is 12.1 Å². The first-order valence-electron chi connectivity index (χ1n) is 9.94.